The van der Waals surface area contributed by atoms with Gasteiger partial charge in [0.1, 0.15) is 0 Å². The molecule has 5 heteroatoms. The van der Waals surface area contributed by atoms with Gasteiger partial charge >= 0.3 is 0 Å². The fourth-order valence-corrected chi connectivity index (χ4v) is 3.56. The van der Waals surface area contributed by atoms with Crippen LogP contribution >= 0.6 is 24.0 Å². The Morgan fingerprint density at radius 1 is 1.18 bits per heavy atom. The minimum atomic E-state index is -0.109. The molecule has 1 amide bonds. The van der Waals surface area contributed by atoms with E-state index in [2.05, 4.69) is 0 Å². The predicted molar refractivity (Wildman–Crippen MR) is 97.7 cm³/mol. The Morgan fingerprint density at radius 2 is 1.95 bits per heavy atom. The molecule has 1 aliphatic heterocycles. The lowest BCUT2D eigenvalue weighted by molar-refractivity contribution is -0.113. The van der Waals surface area contributed by atoms with Crippen molar-refractivity contribution in [1.29, 1.82) is 0 Å². The van der Waals surface area contributed by atoms with Crippen LogP contribution in [0.3, 0.4) is 0 Å². The number of anilines is 2. The van der Waals surface area contributed by atoms with Crippen LogP contribution in [0.4, 0.5) is 11.4 Å². The molecule has 2 aromatic carbocycles. The fourth-order valence-electron chi connectivity index (χ4n) is 2.27. The molecule has 0 radical (unpaired) electrons. The molecular formula is C17H14N2OS2. The zero-order valence-electron chi connectivity index (χ0n) is 11.9. The number of hydrogen-bond donors (Lipinski definition) is 1. The summed E-state index contributed by atoms with van der Waals surface area (Å²) in [7, 11) is 0. The van der Waals surface area contributed by atoms with E-state index in [9.17, 15) is 4.79 Å². The zero-order chi connectivity index (χ0) is 15.7. The number of rotatable bonds is 2. The highest BCUT2D eigenvalue weighted by Gasteiger charge is 2.33. The maximum absolute atomic E-state index is 12.6. The number of thiocarbonyl (C=S) groups is 1. The summed E-state index contributed by atoms with van der Waals surface area (Å²) in [5, 5.41) is 0. The van der Waals surface area contributed by atoms with E-state index in [0.29, 0.717) is 20.6 Å². The largest absolute Gasteiger partial charge is 0.399 e. The Labute approximate surface area is 138 Å². The molecule has 0 atom stereocenters. The number of carbonyl (C=O) groups is 1. The van der Waals surface area contributed by atoms with Gasteiger partial charge in [0.2, 0.25) is 0 Å². The number of nitrogens with zero attached hydrogens (tertiary/aromatic N) is 1. The van der Waals surface area contributed by atoms with Crippen molar-refractivity contribution < 1.29 is 4.79 Å². The normalized spacial score (nSPS) is 16.6. The molecule has 0 aliphatic carbocycles. The van der Waals surface area contributed by atoms with E-state index in [4.69, 9.17) is 18.0 Å². The Balaban J connectivity index is 1.95. The third kappa shape index (κ3) is 2.91. The molecular weight excluding hydrogens is 312 g/mol. The highest BCUT2D eigenvalue weighted by Crippen LogP contribution is 2.36. The second kappa shape index (κ2) is 5.94. The van der Waals surface area contributed by atoms with Crippen molar-refractivity contribution in [3.05, 3.63) is 64.6 Å². The maximum atomic E-state index is 12.6. The fraction of sp³-hybridized carbons (Fsp3) is 0.0588. The number of thioether (sulfide) groups is 1. The van der Waals surface area contributed by atoms with Crippen LogP contribution in [0.5, 0.6) is 0 Å². The molecule has 0 unspecified atom stereocenters. The molecule has 1 saturated heterocycles. The van der Waals surface area contributed by atoms with Crippen LogP contribution in [0, 0.1) is 6.92 Å². The first-order valence-corrected chi connectivity index (χ1v) is 7.97. The third-order valence-corrected chi connectivity index (χ3v) is 4.56. The standard InChI is InChI=1S/C17H14N2OS2/c1-11-4-2-5-12(8-11)9-15-16(20)19(17(21)22-15)14-7-3-6-13(18)10-14/h2-10H,18H2,1H3/b15-9+. The maximum Gasteiger partial charge on any atom is 0.270 e. The van der Waals surface area contributed by atoms with E-state index in [-0.39, 0.29) is 5.91 Å². The van der Waals surface area contributed by atoms with E-state index in [1.54, 1.807) is 12.1 Å². The number of amides is 1. The van der Waals surface area contributed by atoms with Gasteiger partial charge in [0, 0.05) is 5.69 Å². The molecule has 110 valence electrons. The van der Waals surface area contributed by atoms with Gasteiger partial charge < -0.3 is 5.73 Å². The Kier molecular flexibility index (Phi) is 4.00. The van der Waals surface area contributed by atoms with Gasteiger partial charge in [0.05, 0.1) is 10.6 Å². The smallest absolute Gasteiger partial charge is 0.270 e. The molecule has 0 saturated carbocycles. The van der Waals surface area contributed by atoms with Crippen LogP contribution in [0.15, 0.2) is 53.4 Å². The van der Waals surface area contributed by atoms with Crippen LogP contribution in [-0.4, -0.2) is 10.2 Å². The Morgan fingerprint density at radius 3 is 2.68 bits per heavy atom. The second-order valence-corrected chi connectivity index (χ2v) is 6.70. The van der Waals surface area contributed by atoms with Crippen LogP contribution in [0.2, 0.25) is 0 Å². The van der Waals surface area contributed by atoms with Crippen LogP contribution in [-0.2, 0) is 4.79 Å². The van der Waals surface area contributed by atoms with Crippen LogP contribution in [0.25, 0.3) is 6.08 Å². The Hall–Kier alpha value is -2.11. The van der Waals surface area contributed by atoms with Gasteiger partial charge in [0.15, 0.2) is 4.32 Å². The quantitative estimate of drug-likeness (QED) is 0.515. The summed E-state index contributed by atoms with van der Waals surface area (Å²) in [6, 6.07) is 15.2. The van der Waals surface area contributed by atoms with Crippen molar-refractivity contribution in [2.75, 3.05) is 10.6 Å². The van der Waals surface area contributed by atoms with E-state index in [1.165, 1.54) is 16.7 Å². The minimum absolute atomic E-state index is 0.109. The van der Waals surface area contributed by atoms with Gasteiger partial charge in [-0.25, -0.2) is 0 Å². The number of aryl methyl sites for hydroxylation is 1. The molecule has 2 N–H and O–H groups in total. The number of benzene rings is 2. The Bertz CT molecular complexity index is 799. The van der Waals surface area contributed by atoms with Gasteiger partial charge in [-0.05, 0) is 36.8 Å². The first kappa shape index (κ1) is 14.8. The highest BCUT2D eigenvalue weighted by molar-refractivity contribution is 8.27. The van der Waals surface area contributed by atoms with Gasteiger partial charge in [-0.15, -0.1) is 0 Å². The number of nitrogens with two attached hydrogens (primary N) is 1. The van der Waals surface area contributed by atoms with Crippen molar-refractivity contribution >= 4 is 51.7 Å². The number of nitrogen functional groups attached to an aromatic ring is 1. The molecule has 3 rings (SSSR count). The lowest BCUT2D eigenvalue weighted by atomic mass is 10.1. The number of carbonyl (C=O) groups excluding carboxylic acids is 1. The molecule has 1 aliphatic rings. The molecule has 0 aromatic heterocycles. The second-order valence-electron chi connectivity index (χ2n) is 5.03. The molecule has 0 spiro atoms. The van der Waals surface area contributed by atoms with E-state index >= 15 is 0 Å². The first-order chi connectivity index (χ1) is 10.5. The molecule has 1 heterocycles. The molecule has 0 bridgehead atoms. The van der Waals surface area contributed by atoms with Gasteiger partial charge in [-0.2, -0.15) is 0 Å². The lowest BCUT2D eigenvalue weighted by Gasteiger charge is -2.14. The average molecular weight is 326 g/mol. The lowest BCUT2D eigenvalue weighted by Crippen LogP contribution is -2.27. The molecule has 2 aromatic rings. The summed E-state index contributed by atoms with van der Waals surface area (Å²) in [6.45, 7) is 2.02. The van der Waals surface area contributed by atoms with Crippen molar-refractivity contribution in [3.8, 4) is 0 Å². The summed E-state index contributed by atoms with van der Waals surface area (Å²) in [4.78, 5) is 14.8. The SMILES string of the molecule is Cc1cccc(/C=C2/SC(=S)N(c3cccc(N)c3)C2=O)c1. The summed E-state index contributed by atoms with van der Waals surface area (Å²) < 4.78 is 0.523. The summed E-state index contributed by atoms with van der Waals surface area (Å²) in [6.07, 6.45) is 1.87. The first-order valence-electron chi connectivity index (χ1n) is 6.75. The average Bonchev–Trinajstić information content (AvgIpc) is 2.73. The van der Waals surface area contributed by atoms with Crippen molar-refractivity contribution in [2.24, 2.45) is 0 Å². The number of hydrogen-bond acceptors (Lipinski definition) is 4. The van der Waals surface area contributed by atoms with Crippen molar-refractivity contribution in [3.63, 3.8) is 0 Å². The van der Waals surface area contributed by atoms with E-state index in [1.807, 2.05) is 49.4 Å². The zero-order valence-corrected chi connectivity index (χ0v) is 13.6. The van der Waals surface area contributed by atoms with Crippen molar-refractivity contribution in [1.82, 2.24) is 0 Å². The third-order valence-electron chi connectivity index (χ3n) is 3.26. The summed E-state index contributed by atoms with van der Waals surface area (Å²) in [5.41, 5.74) is 9.25. The monoisotopic (exact) mass is 326 g/mol. The van der Waals surface area contributed by atoms with Gasteiger partial charge in [0.25, 0.3) is 5.91 Å². The summed E-state index contributed by atoms with van der Waals surface area (Å²) in [5.74, 6) is -0.109. The minimum Gasteiger partial charge on any atom is -0.399 e. The predicted octanol–water partition coefficient (Wildman–Crippen LogP) is 3.98. The van der Waals surface area contributed by atoms with Crippen molar-refractivity contribution in [2.45, 2.75) is 6.92 Å². The van der Waals surface area contributed by atoms with Crippen LogP contribution in [0.1, 0.15) is 11.1 Å². The van der Waals surface area contributed by atoms with Gasteiger partial charge in [-0.3, -0.25) is 9.69 Å². The molecule has 3 nitrogen and oxygen atoms in total. The van der Waals surface area contributed by atoms with E-state index in [0.717, 1.165) is 11.1 Å². The molecule has 22 heavy (non-hydrogen) atoms. The summed E-state index contributed by atoms with van der Waals surface area (Å²) >= 11 is 6.66. The van der Waals surface area contributed by atoms with Crippen LogP contribution < -0.4 is 10.6 Å². The van der Waals surface area contributed by atoms with E-state index < -0.39 is 0 Å². The topological polar surface area (TPSA) is 46.3 Å². The molecule has 1 fully saturated rings. The van der Waals surface area contributed by atoms with Gasteiger partial charge in [-0.1, -0.05) is 59.9 Å². The highest BCUT2D eigenvalue weighted by atomic mass is 32.2.